The van der Waals surface area contributed by atoms with Crippen molar-refractivity contribution in [1.29, 1.82) is 0 Å². The first kappa shape index (κ1) is 15.8. The minimum Gasteiger partial charge on any atom is -0.399 e. The minimum absolute atomic E-state index is 0.170. The van der Waals surface area contributed by atoms with Crippen LogP contribution in [0.1, 0.15) is 26.7 Å². The largest absolute Gasteiger partial charge is 0.399 e. The van der Waals surface area contributed by atoms with Gasteiger partial charge in [0.05, 0.1) is 0 Å². The highest BCUT2D eigenvalue weighted by Gasteiger charge is 2.09. The maximum atomic E-state index is 13.5. The smallest absolute Gasteiger partial charge is 0.222 e. The zero-order valence-corrected chi connectivity index (χ0v) is 12.3. The second-order valence-corrected chi connectivity index (χ2v) is 5.34. The van der Waals surface area contributed by atoms with Crippen LogP contribution in [0, 0.1) is 5.82 Å². The number of thioether (sulfide) groups is 1. The number of halogens is 1. The number of benzene rings is 1. The first-order valence-electron chi connectivity index (χ1n) is 6.54. The van der Waals surface area contributed by atoms with Crippen molar-refractivity contribution in [3.05, 3.63) is 24.0 Å². The molecule has 0 saturated heterocycles. The fourth-order valence-corrected chi connectivity index (χ4v) is 2.64. The van der Waals surface area contributed by atoms with E-state index >= 15 is 0 Å². The third-order valence-corrected chi connectivity index (χ3v) is 4.00. The van der Waals surface area contributed by atoms with E-state index in [4.69, 9.17) is 5.73 Å². The van der Waals surface area contributed by atoms with E-state index in [1.807, 2.05) is 18.7 Å². The Hall–Kier alpha value is -1.23. The van der Waals surface area contributed by atoms with E-state index in [0.717, 1.165) is 25.3 Å². The molecule has 0 bridgehead atoms. The lowest BCUT2D eigenvalue weighted by Gasteiger charge is -2.18. The second kappa shape index (κ2) is 8.04. The van der Waals surface area contributed by atoms with Crippen molar-refractivity contribution >= 4 is 23.4 Å². The van der Waals surface area contributed by atoms with Crippen LogP contribution in [0.4, 0.5) is 10.1 Å². The van der Waals surface area contributed by atoms with Gasteiger partial charge in [0.15, 0.2) is 0 Å². The van der Waals surface area contributed by atoms with Gasteiger partial charge < -0.3 is 10.6 Å². The molecule has 0 aliphatic carbocycles. The average Bonchev–Trinajstić information content (AvgIpc) is 2.38. The van der Waals surface area contributed by atoms with E-state index in [0.29, 0.717) is 17.0 Å². The first-order valence-corrected chi connectivity index (χ1v) is 7.52. The van der Waals surface area contributed by atoms with Crippen LogP contribution in [0.15, 0.2) is 23.1 Å². The number of carbonyl (C=O) groups excluding carboxylic acids is 1. The predicted molar refractivity (Wildman–Crippen MR) is 78.7 cm³/mol. The molecular weight excluding hydrogens is 263 g/mol. The zero-order valence-electron chi connectivity index (χ0n) is 11.5. The van der Waals surface area contributed by atoms with Gasteiger partial charge in [-0.25, -0.2) is 4.39 Å². The highest BCUT2D eigenvalue weighted by atomic mass is 32.2. The molecule has 0 aliphatic rings. The molecule has 19 heavy (non-hydrogen) atoms. The number of amides is 1. The molecule has 5 heteroatoms. The Morgan fingerprint density at radius 2 is 2.05 bits per heavy atom. The summed E-state index contributed by atoms with van der Waals surface area (Å²) in [5.74, 6) is 0.608. The van der Waals surface area contributed by atoms with Gasteiger partial charge >= 0.3 is 0 Å². The van der Waals surface area contributed by atoms with Gasteiger partial charge in [-0.3, -0.25) is 4.79 Å². The third-order valence-electron chi connectivity index (χ3n) is 2.86. The van der Waals surface area contributed by atoms with Gasteiger partial charge in [-0.15, -0.1) is 11.8 Å². The third kappa shape index (κ3) is 5.11. The number of nitrogens with two attached hydrogens (primary N) is 1. The highest BCUT2D eigenvalue weighted by Crippen LogP contribution is 2.24. The normalized spacial score (nSPS) is 10.5. The lowest BCUT2D eigenvalue weighted by atomic mass is 10.3. The monoisotopic (exact) mass is 284 g/mol. The maximum absolute atomic E-state index is 13.5. The van der Waals surface area contributed by atoms with Gasteiger partial charge in [0.2, 0.25) is 5.91 Å². The quantitative estimate of drug-likeness (QED) is 0.475. The molecule has 106 valence electrons. The molecule has 0 fully saturated rings. The van der Waals surface area contributed by atoms with Gasteiger partial charge in [-0.05, 0) is 44.2 Å². The van der Waals surface area contributed by atoms with Crippen molar-refractivity contribution in [2.24, 2.45) is 0 Å². The molecule has 1 amide bonds. The van der Waals surface area contributed by atoms with Gasteiger partial charge in [0, 0.05) is 30.1 Å². The number of anilines is 1. The summed E-state index contributed by atoms with van der Waals surface area (Å²) < 4.78 is 13.5. The van der Waals surface area contributed by atoms with Crippen LogP contribution in [0.25, 0.3) is 0 Å². The van der Waals surface area contributed by atoms with E-state index in [1.165, 1.54) is 17.8 Å². The van der Waals surface area contributed by atoms with Crippen LogP contribution in [-0.2, 0) is 4.79 Å². The summed E-state index contributed by atoms with van der Waals surface area (Å²) in [6, 6.07) is 4.69. The number of hydrogen-bond acceptors (Lipinski definition) is 3. The molecule has 0 atom stereocenters. The van der Waals surface area contributed by atoms with Gasteiger partial charge in [0.25, 0.3) is 0 Å². The van der Waals surface area contributed by atoms with Crippen LogP contribution >= 0.6 is 11.8 Å². The molecule has 2 N–H and O–H groups in total. The Bertz CT molecular complexity index is 422. The first-order chi connectivity index (χ1) is 9.08. The fourth-order valence-electron chi connectivity index (χ4n) is 1.77. The standard InChI is InChI=1S/C14H21FN2OS/c1-3-17(4-2)14(18)6-5-9-19-13-8-7-11(16)10-12(13)15/h7-8,10H,3-6,9,16H2,1-2H3. The molecule has 1 rings (SSSR count). The minimum atomic E-state index is -0.292. The number of nitrogens with zero attached hydrogens (tertiary/aromatic N) is 1. The molecule has 0 aliphatic heterocycles. The second-order valence-electron chi connectivity index (χ2n) is 4.21. The molecule has 0 aromatic heterocycles. The van der Waals surface area contributed by atoms with Crippen molar-refractivity contribution in [3.8, 4) is 0 Å². The summed E-state index contributed by atoms with van der Waals surface area (Å²) >= 11 is 1.42. The van der Waals surface area contributed by atoms with Crippen molar-refractivity contribution in [3.63, 3.8) is 0 Å². The topological polar surface area (TPSA) is 46.3 Å². The average molecular weight is 284 g/mol. The Morgan fingerprint density at radius 3 is 2.63 bits per heavy atom. The Balaban J connectivity index is 2.33. The summed E-state index contributed by atoms with van der Waals surface area (Å²) in [6.07, 6.45) is 1.27. The molecule has 0 heterocycles. The Labute approximate surface area is 118 Å². The highest BCUT2D eigenvalue weighted by molar-refractivity contribution is 7.99. The summed E-state index contributed by atoms with van der Waals surface area (Å²) in [6.45, 7) is 5.43. The summed E-state index contributed by atoms with van der Waals surface area (Å²) in [4.78, 5) is 14.2. The number of rotatable bonds is 7. The SMILES string of the molecule is CCN(CC)C(=O)CCCSc1ccc(N)cc1F. The molecule has 1 aromatic carbocycles. The molecule has 0 unspecified atom stereocenters. The Kier molecular flexibility index (Phi) is 6.70. The lowest BCUT2D eigenvalue weighted by molar-refractivity contribution is -0.130. The summed E-state index contributed by atoms with van der Waals surface area (Å²) in [5, 5.41) is 0. The van der Waals surface area contributed by atoms with Crippen LogP contribution in [0.5, 0.6) is 0 Å². The summed E-state index contributed by atoms with van der Waals surface area (Å²) in [5.41, 5.74) is 5.92. The number of nitrogen functional groups attached to an aromatic ring is 1. The van der Waals surface area contributed by atoms with E-state index < -0.39 is 0 Å². The molecule has 0 spiro atoms. The maximum Gasteiger partial charge on any atom is 0.222 e. The van der Waals surface area contributed by atoms with E-state index in [1.54, 1.807) is 12.1 Å². The fraction of sp³-hybridized carbons (Fsp3) is 0.500. The van der Waals surface area contributed by atoms with Crippen LogP contribution in [0.2, 0.25) is 0 Å². The molecule has 1 aromatic rings. The van der Waals surface area contributed by atoms with Gasteiger partial charge in [0.1, 0.15) is 5.82 Å². The van der Waals surface area contributed by atoms with Crippen LogP contribution in [-0.4, -0.2) is 29.6 Å². The van der Waals surface area contributed by atoms with Crippen molar-refractivity contribution < 1.29 is 9.18 Å². The van der Waals surface area contributed by atoms with Gasteiger partial charge in [-0.1, -0.05) is 0 Å². The van der Waals surface area contributed by atoms with Crippen LogP contribution in [0.3, 0.4) is 0 Å². The zero-order chi connectivity index (χ0) is 14.3. The van der Waals surface area contributed by atoms with Crippen molar-refractivity contribution in [2.75, 3.05) is 24.6 Å². The van der Waals surface area contributed by atoms with E-state index in [2.05, 4.69) is 0 Å². The number of hydrogen-bond donors (Lipinski definition) is 1. The van der Waals surface area contributed by atoms with Crippen molar-refractivity contribution in [2.45, 2.75) is 31.6 Å². The molecular formula is C14H21FN2OS. The van der Waals surface area contributed by atoms with Gasteiger partial charge in [-0.2, -0.15) is 0 Å². The Morgan fingerprint density at radius 1 is 1.37 bits per heavy atom. The van der Waals surface area contributed by atoms with Crippen LogP contribution < -0.4 is 5.73 Å². The molecule has 3 nitrogen and oxygen atoms in total. The molecule has 0 radical (unpaired) electrons. The lowest BCUT2D eigenvalue weighted by Crippen LogP contribution is -2.30. The van der Waals surface area contributed by atoms with Crippen molar-refractivity contribution in [1.82, 2.24) is 4.90 Å². The summed E-state index contributed by atoms with van der Waals surface area (Å²) in [7, 11) is 0. The van der Waals surface area contributed by atoms with E-state index in [-0.39, 0.29) is 11.7 Å². The van der Waals surface area contributed by atoms with E-state index in [9.17, 15) is 9.18 Å². The molecule has 0 saturated carbocycles. The number of carbonyl (C=O) groups is 1. The predicted octanol–water partition coefficient (Wildman–Crippen LogP) is 3.15.